The molecule has 96 valence electrons. The van der Waals surface area contributed by atoms with Crippen LogP contribution in [0, 0.1) is 0 Å². The van der Waals surface area contributed by atoms with Crippen LogP contribution in [0.4, 0.5) is 0 Å². The van der Waals surface area contributed by atoms with E-state index < -0.39 is 0 Å². The van der Waals surface area contributed by atoms with Crippen molar-refractivity contribution in [3.8, 4) is 0 Å². The van der Waals surface area contributed by atoms with E-state index in [0.29, 0.717) is 0 Å². The topological polar surface area (TPSA) is 61.1 Å². The van der Waals surface area contributed by atoms with Crippen LogP contribution in [-0.4, -0.2) is 49.6 Å². The smallest absolute Gasteiger partial charge is 0.125 e. The van der Waals surface area contributed by atoms with Crippen molar-refractivity contribution in [3.05, 3.63) is 0 Å². The maximum Gasteiger partial charge on any atom is 0.125 e. The molecule has 0 spiro atoms. The quantitative estimate of drug-likeness (QED) is 0.675. The fourth-order valence-electron chi connectivity index (χ4n) is 1.51. The van der Waals surface area contributed by atoms with Crippen molar-refractivity contribution in [1.82, 2.24) is 10.6 Å². The minimum absolute atomic E-state index is 0.202. The minimum atomic E-state index is -0.349. The Labute approximate surface area is 104 Å². The molecule has 0 aliphatic carbocycles. The Morgan fingerprint density at radius 2 is 2.35 bits per heavy atom. The largest absolute Gasteiger partial charge is 0.370 e. The molecule has 5 nitrogen and oxygen atoms in total. The highest BCUT2D eigenvalue weighted by atomic mass is 15.1. The Morgan fingerprint density at radius 1 is 1.59 bits per heavy atom. The third kappa shape index (κ3) is 4.67. The molecular weight excluding hydrogens is 214 g/mol. The van der Waals surface area contributed by atoms with Crippen molar-refractivity contribution >= 4 is 11.8 Å². The van der Waals surface area contributed by atoms with Crippen molar-refractivity contribution in [2.24, 2.45) is 15.0 Å². The van der Waals surface area contributed by atoms with Gasteiger partial charge in [0.2, 0.25) is 0 Å². The van der Waals surface area contributed by atoms with E-state index in [-0.39, 0.29) is 11.6 Å². The SMILES string of the molecule is CCNCC(C)N=C=NC(C)(C)C1=NCCN1. The lowest BCUT2D eigenvalue weighted by Gasteiger charge is -2.17. The zero-order valence-corrected chi connectivity index (χ0v) is 11.2. The summed E-state index contributed by atoms with van der Waals surface area (Å²) < 4.78 is 0. The first kappa shape index (κ1) is 13.9. The van der Waals surface area contributed by atoms with Crippen molar-refractivity contribution in [2.45, 2.75) is 39.3 Å². The summed E-state index contributed by atoms with van der Waals surface area (Å²) in [6.07, 6.45) is 0. The summed E-state index contributed by atoms with van der Waals surface area (Å²) in [4.78, 5) is 13.0. The fourth-order valence-corrected chi connectivity index (χ4v) is 1.51. The number of hydrogen-bond acceptors (Lipinski definition) is 5. The molecule has 0 saturated carbocycles. The second-order valence-electron chi connectivity index (χ2n) is 4.71. The number of nitrogens with one attached hydrogen (secondary N) is 2. The normalized spacial score (nSPS) is 16.8. The average Bonchev–Trinajstić information content (AvgIpc) is 2.80. The molecule has 5 heteroatoms. The van der Waals surface area contributed by atoms with Crippen LogP contribution in [0.25, 0.3) is 0 Å². The zero-order chi connectivity index (χ0) is 12.7. The Balaban J connectivity index is 2.53. The van der Waals surface area contributed by atoms with E-state index in [2.05, 4.69) is 38.5 Å². The van der Waals surface area contributed by atoms with E-state index in [1.54, 1.807) is 0 Å². The third-order valence-corrected chi connectivity index (χ3v) is 2.55. The standard InChI is InChI=1S/C12H23N5/c1-5-13-8-10(2)16-9-17-12(3,4)11-14-6-7-15-11/h10,13H,5-8H2,1-4H3,(H,14,15). The van der Waals surface area contributed by atoms with Gasteiger partial charge in [0.05, 0.1) is 18.6 Å². The van der Waals surface area contributed by atoms with Gasteiger partial charge in [-0.1, -0.05) is 6.92 Å². The Morgan fingerprint density at radius 3 is 2.94 bits per heavy atom. The van der Waals surface area contributed by atoms with Crippen LogP contribution in [0.3, 0.4) is 0 Å². The molecule has 2 N–H and O–H groups in total. The van der Waals surface area contributed by atoms with E-state index in [1.165, 1.54) is 0 Å². The molecule has 0 aromatic rings. The molecule has 1 heterocycles. The Kier molecular flexibility index (Phi) is 5.32. The van der Waals surface area contributed by atoms with Crippen LogP contribution >= 0.6 is 0 Å². The van der Waals surface area contributed by atoms with Gasteiger partial charge in [0.1, 0.15) is 11.4 Å². The second-order valence-corrected chi connectivity index (χ2v) is 4.71. The minimum Gasteiger partial charge on any atom is -0.370 e. The first-order chi connectivity index (χ1) is 8.06. The average molecular weight is 237 g/mol. The van der Waals surface area contributed by atoms with Crippen molar-refractivity contribution < 1.29 is 0 Å². The van der Waals surface area contributed by atoms with Gasteiger partial charge < -0.3 is 10.6 Å². The van der Waals surface area contributed by atoms with Gasteiger partial charge in [0.15, 0.2) is 0 Å². The van der Waals surface area contributed by atoms with Gasteiger partial charge in [-0.2, -0.15) is 0 Å². The summed E-state index contributed by atoms with van der Waals surface area (Å²) >= 11 is 0. The lowest BCUT2D eigenvalue weighted by Crippen LogP contribution is -2.38. The maximum atomic E-state index is 4.37. The summed E-state index contributed by atoms with van der Waals surface area (Å²) in [6, 6.07) is 3.00. The van der Waals surface area contributed by atoms with Crippen LogP contribution in [0.2, 0.25) is 0 Å². The second kappa shape index (κ2) is 6.52. The zero-order valence-electron chi connectivity index (χ0n) is 11.2. The molecule has 17 heavy (non-hydrogen) atoms. The first-order valence-electron chi connectivity index (χ1n) is 6.22. The van der Waals surface area contributed by atoms with Crippen molar-refractivity contribution in [2.75, 3.05) is 26.2 Å². The van der Waals surface area contributed by atoms with Crippen LogP contribution in [-0.2, 0) is 0 Å². The number of likely N-dealkylation sites (N-methyl/N-ethyl adjacent to an activating group) is 1. The van der Waals surface area contributed by atoms with Crippen LogP contribution in [0.15, 0.2) is 15.0 Å². The van der Waals surface area contributed by atoms with Gasteiger partial charge in [-0.3, -0.25) is 4.99 Å². The van der Waals surface area contributed by atoms with Crippen molar-refractivity contribution in [1.29, 1.82) is 0 Å². The van der Waals surface area contributed by atoms with Gasteiger partial charge in [-0.25, -0.2) is 9.98 Å². The molecule has 0 saturated heterocycles. The third-order valence-electron chi connectivity index (χ3n) is 2.55. The van der Waals surface area contributed by atoms with Crippen LogP contribution in [0.1, 0.15) is 27.7 Å². The van der Waals surface area contributed by atoms with E-state index in [0.717, 1.165) is 32.0 Å². The summed E-state index contributed by atoms with van der Waals surface area (Å²) in [5.74, 6) is 0.930. The molecule has 1 aliphatic rings. The maximum absolute atomic E-state index is 4.37. The predicted molar refractivity (Wildman–Crippen MR) is 72.3 cm³/mol. The number of rotatable bonds is 6. The van der Waals surface area contributed by atoms with Gasteiger partial charge in [0, 0.05) is 13.1 Å². The van der Waals surface area contributed by atoms with Crippen molar-refractivity contribution in [3.63, 3.8) is 0 Å². The summed E-state index contributed by atoms with van der Waals surface area (Å²) in [5.41, 5.74) is -0.349. The van der Waals surface area contributed by atoms with E-state index >= 15 is 0 Å². The van der Waals surface area contributed by atoms with E-state index in [1.807, 2.05) is 20.8 Å². The molecule has 0 aromatic carbocycles. The molecule has 0 fully saturated rings. The highest BCUT2D eigenvalue weighted by Gasteiger charge is 2.25. The van der Waals surface area contributed by atoms with Gasteiger partial charge in [-0.05, 0) is 27.3 Å². The van der Waals surface area contributed by atoms with Crippen LogP contribution in [0.5, 0.6) is 0 Å². The van der Waals surface area contributed by atoms with Gasteiger partial charge in [-0.15, -0.1) is 0 Å². The molecule has 0 radical (unpaired) electrons. The lowest BCUT2D eigenvalue weighted by atomic mass is 10.1. The first-order valence-corrected chi connectivity index (χ1v) is 6.22. The lowest BCUT2D eigenvalue weighted by molar-refractivity contribution is 0.628. The van der Waals surface area contributed by atoms with E-state index in [4.69, 9.17) is 0 Å². The number of aliphatic imine (C=N–C) groups is 3. The molecule has 0 bridgehead atoms. The molecule has 1 unspecified atom stereocenters. The molecule has 0 aromatic heterocycles. The monoisotopic (exact) mass is 237 g/mol. The highest BCUT2D eigenvalue weighted by molar-refractivity contribution is 5.92. The van der Waals surface area contributed by atoms with Crippen LogP contribution < -0.4 is 10.6 Å². The number of amidine groups is 1. The fraction of sp³-hybridized carbons (Fsp3) is 0.833. The summed E-state index contributed by atoms with van der Waals surface area (Å²) in [7, 11) is 0. The number of hydrogen-bond donors (Lipinski definition) is 2. The highest BCUT2D eigenvalue weighted by Crippen LogP contribution is 2.11. The molecule has 1 aliphatic heterocycles. The molecule has 1 atom stereocenters. The summed E-state index contributed by atoms with van der Waals surface area (Å²) in [5, 5.41) is 6.47. The van der Waals surface area contributed by atoms with Gasteiger partial charge in [0.25, 0.3) is 0 Å². The molecular formula is C12H23N5. The van der Waals surface area contributed by atoms with E-state index in [9.17, 15) is 0 Å². The Bertz CT molecular complexity index is 326. The predicted octanol–water partition coefficient (Wildman–Crippen LogP) is 0.939. The Hall–Kier alpha value is -1.19. The molecule has 0 amide bonds. The van der Waals surface area contributed by atoms with Gasteiger partial charge >= 0.3 is 0 Å². The number of nitrogens with zero attached hydrogens (tertiary/aromatic N) is 3. The summed E-state index contributed by atoms with van der Waals surface area (Å²) in [6.45, 7) is 11.7. The molecule has 1 rings (SSSR count).